The number of nitrogens with one attached hydrogen (secondary N) is 2. The lowest BCUT2D eigenvalue weighted by molar-refractivity contribution is -0.138. The molecule has 0 saturated carbocycles. The second-order valence-corrected chi connectivity index (χ2v) is 4.45. The standard InChI is InChI=1S/C14H18N2O5/c1-19-10-2-4-11(5-3-10)21-7-6-15-14(18)12-8-20-9-13(17)16-12/h2-5,12H,6-9H2,1H3,(H,15,18)(H,16,17). The summed E-state index contributed by atoms with van der Waals surface area (Å²) >= 11 is 0. The van der Waals surface area contributed by atoms with E-state index in [1.54, 1.807) is 31.4 Å². The summed E-state index contributed by atoms with van der Waals surface area (Å²) in [5.74, 6) is 0.889. The minimum Gasteiger partial charge on any atom is -0.497 e. The van der Waals surface area contributed by atoms with E-state index >= 15 is 0 Å². The van der Waals surface area contributed by atoms with Crippen LogP contribution in [0.3, 0.4) is 0 Å². The lowest BCUT2D eigenvalue weighted by Crippen LogP contribution is -2.54. The summed E-state index contributed by atoms with van der Waals surface area (Å²) in [6.45, 7) is 0.873. The van der Waals surface area contributed by atoms with Crippen LogP contribution in [0.2, 0.25) is 0 Å². The van der Waals surface area contributed by atoms with Crippen molar-refractivity contribution in [3.8, 4) is 11.5 Å². The third-order valence-electron chi connectivity index (χ3n) is 2.90. The monoisotopic (exact) mass is 294 g/mol. The maximum Gasteiger partial charge on any atom is 0.246 e. The van der Waals surface area contributed by atoms with Gasteiger partial charge in [0.2, 0.25) is 11.8 Å². The molecular weight excluding hydrogens is 276 g/mol. The van der Waals surface area contributed by atoms with Crippen LogP contribution in [0, 0.1) is 0 Å². The van der Waals surface area contributed by atoms with Crippen molar-refractivity contribution >= 4 is 11.8 Å². The third kappa shape index (κ3) is 4.64. The average molecular weight is 294 g/mol. The van der Waals surface area contributed by atoms with Crippen LogP contribution in [-0.2, 0) is 14.3 Å². The summed E-state index contributed by atoms with van der Waals surface area (Å²) in [6.07, 6.45) is 0. The van der Waals surface area contributed by atoms with Crippen LogP contribution >= 0.6 is 0 Å². The lowest BCUT2D eigenvalue weighted by Gasteiger charge is -2.22. The van der Waals surface area contributed by atoms with E-state index in [4.69, 9.17) is 14.2 Å². The summed E-state index contributed by atoms with van der Waals surface area (Å²) in [5, 5.41) is 5.24. The molecule has 1 aromatic carbocycles. The van der Waals surface area contributed by atoms with Crippen molar-refractivity contribution in [2.45, 2.75) is 6.04 Å². The van der Waals surface area contributed by atoms with Gasteiger partial charge in [-0.25, -0.2) is 0 Å². The Hall–Kier alpha value is -2.28. The van der Waals surface area contributed by atoms with E-state index in [0.717, 1.165) is 5.75 Å². The van der Waals surface area contributed by atoms with Crippen LogP contribution in [-0.4, -0.2) is 51.3 Å². The first-order valence-corrected chi connectivity index (χ1v) is 6.60. The van der Waals surface area contributed by atoms with E-state index in [9.17, 15) is 9.59 Å². The first-order valence-electron chi connectivity index (χ1n) is 6.60. The van der Waals surface area contributed by atoms with Gasteiger partial charge in [0.25, 0.3) is 0 Å². The molecule has 114 valence electrons. The van der Waals surface area contributed by atoms with Gasteiger partial charge in [-0.2, -0.15) is 0 Å². The molecule has 1 aliphatic rings. The molecule has 1 heterocycles. The predicted octanol–water partition coefficient (Wildman–Crippen LogP) is -0.295. The molecule has 0 radical (unpaired) electrons. The maximum absolute atomic E-state index is 11.8. The molecule has 1 fully saturated rings. The topological polar surface area (TPSA) is 85.9 Å². The number of carbonyl (C=O) groups excluding carboxylic acids is 2. The number of rotatable bonds is 6. The molecule has 0 aromatic heterocycles. The van der Waals surface area contributed by atoms with E-state index in [2.05, 4.69) is 10.6 Å². The van der Waals surface area contributed by atoms with Crippen molar-refractivity contribution < 1.29 is 23.8 Å². The second-order valence-electron chi connectivity index (χ2n) is 4.45. The highest BCUT2D eigenvalue weighted by atomic mass is 16.5. The summed E-state index contributed by atoms with van der Waals surface area (Å²) in [7, 11) is 1.60. The van der Waals surface area contributed by atoms with Crippen molar-refractivity contribution in [3.05, 3.63) is 24.3 Å². The Bertz CT molecular complexity index is 489. The molecule has 7 nitrogen and oxygen atoms in total. The number of amides is 2. The number of methoxy groups -OCH3 is 1. The van der Waals surface area contributed by atoms with Gasteiger partial charge in [0.05, 0.1) is 20.3 Å². The molecule has 1 atom stereocenters. The van der Waals surface area contributed by atoms with Crippen LogP contribution in [0.25, 0.3) is 0 Å². The van der Waals surface area contributed by atoms with Crippen LogP contribution in [0.15, 0.2) is 24.3 Å². The van der Waals surface area contributed by atoms with Crippen molar-refractivity contribution in [1.82, 2.24) is 10.6 Å². The highest BCUT2D eigenvalue weighted by Gasteiger charge is 2.24. The molecule has 1 aromatic rings. The van der Waals surface area contributed by atoms with Gasteiger partial charge in [0.15, 0.2) is 0 Å². The van der Waals surface area contributed by atoms with Gasteiger partial charge in [-0.05, 0) is 24.3 Å². The predicted molar refractivity (Wildman–Crippen MR) is 74.2 cm³/mol. The van der Waals surface area contributed by atoms with Gasteiger partial charge < -0.3 is 24.8 Å². The molecule has 0 bridgehead atoms. The average Bonchev–Trinajstić information content (AvgIpc) is 2.52. The van der Waals surface area contributed by atoms with E-state index in [-0.39, 0.29) is 25.0 Å². The molecule has 1 aliphatic heterocycles. The highest BCUT2D eigenvalue weighted by molar-refractivity contribution is 5.89. The highest BCUT2D eigenvalue weighted by Crippen LogP contribution is 2.16. The number of hydrogen-bond donors (Lipinski definition) is 2. The number of benzene rings is 1. The molecule has 1 saturated heterocycles. The number of ether oxygens (including phenoxy) is 3. The Balaban J connectivity index is 1.66. The molecule has 2 amide bonds. The SMILES string of the molecule is COc1ccc(OCCNC(=O)C2COCC(=O)N2)cc1. The number of carbonyl (C=O) groups is 2. The summed E-state index contributed by atoms with van der Waals surface area (Å²) in [4.78, 5) is 22.9. The molecule has 2 rings (SSSR count). The fourth-order valence-electron chi connectivity index (χ4n) is 1.83. The smallest absolute Gasteiger partial charge is 0.246 e. The molecule has 7 heteroatoms. The van der Waals surface area contributed by atoms with Gasteiger partial charge >= 0.3 is 0 Å². The normalized spacial score (nSPS) is 17.8. The first kappa shape index (κ1) is 15.1. The van der Waals surface area contributed by atoms with Crippen molar-refractivity contribution in [3.63, 3.8) is 0 Å². The molecule has 21 heavy (non-hydrogen) atoms. The summed E-state index contributed by atoms with van der Waals surface area (Å²) in [6, 6.07) is 6.53. The lowest BCUT2D eigenvalue weighted by atomic mass is 10.2. The molecule has 0 aliphatic carbocycles. The largest absolute Gasteiger partial charge is 0.497 e. The Morgan fingerprint density at radius 1 is 1.38 bits per heavy atom. The first-order chi connectivity index (χ1) is 10.2. The van der Waals surface area contributed by atoms with Gasteiger partial charge in [-0.1, -0.05) is 0 Å². The molecule has 0 spiro atoms. The Labute approximate surface area is 122 Å². The zero-order valence-corrected chi connectivity index (χ0v) is 11.8. The quantitative estimate of drug-likeness (QED) is 0.704. The van der Waals surface area contributed by atoms with Crippen LogP contribution in [0.5, 0.6) is 11.5 Å². The maximum atomic E-state index is 11.8. The van der Waals surface area contributed by atoms with Crippen molar-refractivity contribution in [1.29, 1.82) is 0 Å². The van der Waals surface area contributed by atoms with Crippen LogP contribution in [0.4, 0.5) is 0 Å². The van der Waals surface area contributed by atoms with Crippen molar-refractivity contribution in [2.24, 2.45) is 0 Å². The summed E-state index contributed by atoms with van der Waals surface area (Å²) < 4.78 is 15.5. The molecule has 2 N–H and O–H groups in total. The third-order valence-corrected chi connectivity index (χ3v) is 2.90. The van der Waals surface area contributed by atoms with E-state index in [0.29, 0.717) is 18.9 Å². The van der Waals surface area contributed by atoms with Crippen molar-refractivity contribution in [2.75, 3.05) is 33.5 Å². The number of morpholine rings is 1. The Morgan fingerprint density at radius 2 is 2.10 bits per heavy atom. The van der Waals surface area contributed by atoms with Gasteiger partial charge in [0, 0.05) is 0 Å². The van der Waals surface area contributed by atoms with E-state index < -0.39 is 6.04 Å². The molecule has 1 unspecified atom stereocenters. The minimum atomic E-state index is -0.632. The van der Waals surface area contributed by atoms with Gasteiger partial charge in [-0.15, -0.1) is 0 Å². The second kappa shape index (κ2) is 7.49. The van der Waals surface area contributed by atoms with E-state index in [1.165, 1.54) is 0 Å². The minimum absolute atomic E-state index is 0.00433. The fraction of sp³-hybridized carbons (Fsp3) is 0.429. The summed E-state index contributed by atoms with van der Waals surface area (Å²) in [5.41, 5.74) is 0. The van der Waals surface area contributed by atoms with Crippen LogP contribution in [0.1, 0.15) is 0 Å². The molecular formula is C14H18N2O5. The van der Waals surface area contributed by atoms with Gasteiger partial charge in [-0.3, -0.25) is 9.59 Å². The number of hydrogen-bond acceptors (Lipinski definition) is 5. The van der Waals surface area contributed by atoms with E-state index in [1.807, 2.05) is 0 Å². The zero-order chi connectivity index (χ0) is 15.1. The van der Waals surface area contributed by atoms with Crippen LogP contribution < -0.4 is 20.1 Å². The van der Waals surface area contributed by atoms with Gasteiger partial charge in [0.1, 0.15) is 30.8 Å². The Kier molecular flexibility index (Phi) is 5.39. The fourth-order valence-corrected chi connectivity index (χ4v) is 1.83. The zero-order valence-electron chi connectivity index (χ0n) is 11.8. The Morgan fingerprint density at radius 3 is 2.76 bits per heavy atom.